The van der Waals surface area contributed by atoms with E-state index in [1.807, 2.05) is 0 Å². The summed E-state index contributed by atoms with van der Waals surface area (Å²) < 4.78 is 69.7. The van der Waals surface area contributed by atoms with E-state index in [0.717, 1.165) is 6.07 Å². The zero-order valence-electron chi connectivity index (χ0n) is 16.8. The van der Waals surface area contributed by atoms with Gasteiger partial charge in [-0.05, 0) is 37.6 Å². The van der Waals surface area contributed by atoms with Crippen LogP contribution < -0.4 is 9.04 Å². The van der Waals surface area contributed by atoms with Crippen LogP contribution in [0.4, 0.5) is 18.9 Å². The van der Waals surface area contributed by atoms with Gasteiger partial charge in [-0.3, -0.25) is 4.79 Å². The third-order valence-electron chi connectivity index (χ3n) is 3.78. The molecule has 0 radical (unpaired) electrons. The second-order valence-corrected chi connectivity index (χ2v) is 7.81. The molecule has 2 aromatic rings. The number of benzene rings is 1. The molecule has 0 unspecified atom stereocenters. The first-order valence-corrected chi connectivity index (χ1v) is 10.3. The fourth-order valence-electron chi connectivity index (χ4n) is 2.49. The summed E-state index contributed by atoms with van der Waals surface area (Å²) >= 11 is 0. The van der Waals surface area contributed by atoms with E-state index in [4.69, 9.17) is 4.74 Å². The highest BCUT2D eigenvalue weighted by molar-refractivity contribution is 7.94. The van der Waals surface area contributed by atoms with Crippen LogP contribution in [0.1, 0.15) is 32.3 Å². The van der Waals surface area contributed by atoms with Crippen molar-refractivity contribution in [1.82, 2.24) is 9.97 Å². The largest absolute Gasteiger partial charge is 0.517 e. The van der Waals surface area contributed by atoms with Crippen molar-refractivity contribution < 1.29 is 36.0 Å². The number of halogens is 3. The van der Waals surface area contributed by atoms with Crippen molar-refractivity contribution >= 4 is 27.3 Å². The van der Waals surface area contributed by atoms with Gasteiger partial charge in [0.15, 0.2) is 0 Å². The lowest BCUT2D eigenvalue weighted by atomic mass is 10.1. The highest BCUT2D eigenvalue weighted by Gasteiger charge is 2.52. The first-order chi connectivity index (χ1) is 14.5. The number of ether oxygens (including phenoxy) is 1. The summed E-state index contributed by atoms with van der Waals surface area (Å²) in [4.78, 5) is 24.9. The van der Waals surface area contributed by atoms with Gasteiger partial charge in [0, 0.05) is 24.4 Å². The van der Waals surface area contributed by atoms with Crippen LogP contribution in [0.2, 0.25) is 0 Å². The normalized spacial score (nSPS) is 12.4. The number of hydrogen-bond acceptors (Lipinski definition) is 8. The average molecular weight is 460 g/mol. The fraction of sp³-hybridized carbons (Fsp3) is 0.333. The molecule has 0 N–H and O–H groups in total. The van der Waals surface area contributed by atoms with Gasteiger partial charge in [0.25, 0.3) is 0 Å². The first kappa shape index (κ1) is 24.1. The van der Waals surface area contributed by atoms with Crippen LogP contribution in [-0.2, 0) is 19.7 Å². The Balaban J connectivity index is 2.69. The molecule has 0 saturated heterocycles. The number of hydrogen-bond donors (Lipinski definition) is 0. The van der Waals surface area contributed by atoms with E-state index in [9.17, 15) is 26.4 Å². The molecular formula is C18H19F3N4O5S. The second kappa shape index (κ2) is 9.73. The number of rotatable bonds is 8. The van der Waals surface area contributed by atoms with Gasteiger partial charge in [0.05, 0.1) is 11.4 Å². The third-order valence-corrected chi connectivity index (χ3v) is 5.25. The molecule has 13 heteroatoms. The predicted molar refractivity (Wildman–Crippen MR) is 105 cm³/mol. The Morgan fingerprint density at radius 2 is 1.87 bits per heavy atom. The van der Waals surface area contributed by atoms with Crippen LogP contribution in [0.3, 0.4) is 0 Å². The fourth-order valence-corrected chi connectivity index (χ4v) is 3.48. The summed E-state index contributed by atoms with van der Waals surface area (Å²) in [7, 11) is -4.83. The number of oxime groups is 1. The molecule has 1 aromatic carbocycles. The van der Waals surface area contributed by atoms with Crippen molar-refractivity contribution in [2.75, 3.05) is 11.4 Å². The Bertz CT molecular complexity index is 1060. The van der Waals surface area contributed by atoms with E-state index in [1.165, 1.54) is 45.5 Å². The number of carbonyl (C=O) groups excluding carboxylic acids is 1. The molecule has 0 fully saturated rings. The van der Waals surface area contributed by atoms with E-state index >= 15 is 0 Å². The lowest BCUT2D eigenvalue weighted by Crippen LogP contribution is -2.45. The number of aromatic nitrogens is 2. The monoisotopic (exact) mass is 460 g/mol. The van der Waals surface area contributed by atoms with E-state index < -0.39 is 33.5 Å². The third kappa shape index (κ3) is 5.48. The van der Waals surface area contributed by atoms with Gasteiger partial charge in [0.1, 0.15) is 12.9 Å². The minimum atomic E-state index is -6.03. The molecular weight excluding hydrogens is 441 g/mol. The van der Waals surface area contributed by atoms with Gasteiger partial charge >= 0.3 is 21.5 Å². The lowest BCUT2D eigenvalue weighted by molar-refractivity contribution is -0.118. The van der Waals surface area contributed by atoms with E-state index in [2.05, 4.69) is 20.0 Å². The maximum atomic E-state index is 13.3. The van der Waals surface area contributed by atoms with Crippen molar-refractivity contribution in [3.63, 3.8) is 0 Å². The SMILES string of the molecule is CCCC(=O)N(c1ccc(Oc2ncccn2)cc1C(C)=NOC)S(=O)(=O)C(F)(F)F. The summed E-state index contributed by atoms with van der Waals surface area (Å²) in [6, 6.07) is 4.91. The second-order valence-electron chi connectivity index (χ2n) is 6.03. The van der Waals surface area contributed by atoms with Crippen LogP contribution in [0.15, 0.2) is 41.8 Å². The molecule has 168 valence electrons. The Morgan fingerprint density at radius 1 is 1.23 bits per heavy atom. The van der Waals surface area contributed by atoms with E-state index in [0.29, 0.717) is 0 Å². The molecule has 31 heavy (non-hydrogen) atoms. The molecule has 0 aliphatic heterocycles. The summed E-state index contributed by atoms with van der Waals surface area (Å²) in [5, 5.41) is 3.65. The van der Waals surface area contributed by atoms with Crippen molar-refractivity contribution in [2.45, 2.75) is 32.2 Å². The van der Waals surface area contributed by atoms with Gasteiger partial charge in [-0.2, -0.15) is 25.9 Å². The van der Waals surface area contributed by atoms with Crippen LogP contribution >= 0.6 is 0 Å². The molecule has 1 heterocycles. The van der Waals surface area contributed by atoms with Crippen LogP contribution in [-0.4, -0.2) is 42.6 Å². The summed E-state index contributed by atoms with van der Waals surface area (Å²) in [6.45, 7) is 2.90. The number of anilines is 1. The molecule has 2 rings (SSSR count). The Kier molecular flexibility index (Phi) is 7.55. The zero-order valence-corrected chi connectivity index (χ0v) is 17.6. The maximum Gasteiger partial charge on any atom is 0.517 e. The number of alkyl halides is 3. The Morgan fingerprint density at radius 3 is 2.42 bits per heavy atom. The Labute approximate surface area is 176 Å². The summed E-state index contributed by atoms with van der Waals surface area (Å²) in [6.07, 6.45) is 2.54. The smallest absolute Gasteiger partial charge is 0.424 e. The molecule has 1 amide bonds. The maximum absolute atomic E-state index is 13.3. The molecule has 0 saturated carbocycles. The topological polar surface area (TPSA) is 111 Å². The number of sulfonamides is 1. The highest BCUT2D eigenvalue weighted by Crippen LogP contribution is 2.36. The molecule has 0 aliphatic carbocycles. The lowest BCUT2D eigenvalue weighted by Gasteiger charge is -2.25. The van der Waals surface area contributed by atoms with Crippen molar-refractivity contribution in [3.8, 4) is 11.8 Å². The molecule has 0 aliphatic rings. The van der Waals surface area contributed by atoms with Crippen LogP contribution in [0.5, 0.6) is 11.8 Å². The number of nitrogens with zero attached hydrogens (tertiary/aromatic N) is 4. The number of carbonyl (C=O) groups is 1. The molecule has 9 nitrogen and oxygen atoms in total. The van der Waals surface area contributed by atoms with Crippen molar-refractivity contribution in [2.24, 2.45) is 5.16 Å². The highest BCUT2D eigenvalue weighted by atomic mass is 32.2. The minimum Gasteiger partial charge on any atom is -0.424 e. The van der Waals surface area contributed by atoms with Gasteiger partial charge in [-0.15, -0.1) is 0 Å². The van der Waals surface area contributed by atoms with E-state index in [1.54, 1.807) is 6.07 Å². The van der Waals surface area contributed by atoms with Crippen molar-refractivity contribution in [1.29, 1.82) is 0 Å². The van der Waals surface area contributed by atoms with Crippen LogP contribution in [0, 0.1) is 0 Å². The minimum absolute atomic E-state index is 0.00334. The standard InChI is InChI=1S/C18H19F3N4O5S/c1-4-6-16(26)25(31(27,28)18(19,20)21)15-8-7-13(11-14(15)12(2)24-29-3)30-17-22-9-5-10-23-17/h5,7-11H,4,6H2,1-3H3. The average Bonchev–Trinajstić information content (AvgIpc) is 2.69. The van der Waals surface area contributed by atoms with Crippen LogP contribution in [0.25, 0.3) is 0 Å². The van der Waals surface area contributed by atoms with E-state index in [-0.39, 0.29) is 33.8 Å². The van der Waals surface area contributed by atoms with Gasteiger partial charge < -0.3 is 9.57 Å². The Hall–Kier alpha value is -3.22. The van der Waals surface area contributed by atoms with Gasteiger partial charge in [-0.25, -0.2) is 9.97 Å². The quantitative estimate of drug-likeness (QED) is 0.437. The molecule has 0 spiro atoms. The summed E-state index contributed by atoms with van der Waals surface area (Å²) in [5.41, 5.74) is -6.38. The number of amides is 1. The predicted octanol–water partition coefficient (Wildman–Crippen LogP) is 3.62. The summed E-state index contributed by atoms with van der Waals surface area (Å²) in [5.74, 6) is -1.17. The van der Waals surface area contributed by atoms with Gasteiger partial charge in [0.2, 0.25) is 5.91 Å². The molecule has 1 aromatic heterocycles. The zero-order chi connectivity index (χ0) is 23.2. The molecule has 0 bridgehead atoms. The molecule has 0 atom stereocenters. The first-order valence-electron chi connectivity index (χ1n) is 8.84. The van der Waals surface area contributed by atoms with Gasteiger partial charge in [-0.1, -0.05) is 12.1 Å². The van der Waals surface area contributed by atoms with Crippen molar-refractivity contribution in [3.05, 3.63) is 42.2 Å².